The highest BCUT2D eigenvalue weighted by molar-refractivity contribution is 5.76. The highest BCUT2D eigenvalue weighted by Gasteiger charge is 2.35. The molecule has 184 valence electrons. The first kappa shape index (κ1) is 22.3. The fraction of sp³-hybridized carbons (Fsp3) is 0.519. The summed E-state index contributed by atoms with van der Waals surface area (Å²) in [6, 6.07) is 7.09. The summed E-state index contributed by atoms with van der Waals surface area (Å²) in [5.74, 6) is 1.67. The van der Waals surface area contributed by atoms with Crippen LogP contribution >= 0.6 is 0 Å². The summed E-state index contributed by atoms with van der Waals surface area (Å²) in [6.45, 7) is 7.77. The molecule has 0 saturated carbocycles. The van der Waals surface area contributed by atoms with Crippen LogP contribution < -0.4 is 4.90 Å². The molecule has 0 aliphatic carbocycles. The number of hydrogen-bond donors (Lipinski definition) is 0. The van der Waals surface area contributed by atoms with Gasteiger partial charge in [-0.2, -0.15) is 10.2 Å². The summed E-state index contributed by atoms with van der Waals surface area (Å²) in [4.78, 5) is 16.6. The standard InChI is InChI=1S/C27H34N6O2/c1-4-19-7-11-32(25-6-5-20(13-23(19)25)21-14-28-30(3)15-21)27-24-16-31(18(2)34)10-8-26(24)33(29-27)22-9-12-35-17-22/h5-6,13-15,19,22H,4,7-12,16-17H2,1-3H3/t19-,22-/m1/s1. The first-order chi connectivity index (χ1) is 17.0. The van der Waals surface area contributed by atoms with Crippen molar-refractivity contribution in [2.45, 2.75) is 58.0 Å². The molecule has 35 heavy (non-hydrogen) atoms. The Hall–Kier alpha value is -3.13. The maximum absolute atomic E-state index is 12.3. The first-order valence-corrected chi connectivity index (χ1v) is 12.9. The summed E-state index contributed by atoms with van der Waals surface area (Å²) in [5.41, 5.74) is 7.45. The van der Waals surface area contributed by atoms with Crippen LogP contribution in [0.1, 0.15) is 61.9 Å². The van der Waals surface area contributed by atoms with Crippen molar-refractivity contribution in [2.24, 2.45) is 7.05 Å². The van der Waals surface area contributed by atoms with Gasteiger partial charge in [0.05, 0.1) is 25.4 Å². The van der Waals surface area contributed by atoms with Crippen LogP contribution in [0.5, 0.6) is 0 Å². The number of aryl methyl sites for hydroxylation is 1. The van der Waals surface area contributed by atoms with E-state index in [0.717, 1.165) is 56.8 Å². The number of ether oxygens (including phenoxy) is 1. The number of carbonyl (C=O) groups excluding carboxylic acids is 1. The molecule has 3 aliphatic heterocycles. The zero-order chi connectivity index (χ0) is 24.1. The lowest BCUT2D eigenvalue weighted by Gasteiger charge is -2.36. The van der Waals surface area contributed by atoms with Gasteiger partial charge in [-0.05, 0) is 48.4 Å². The fourth-order valence-electron chi connectivity index (χ4n) is 6.01. The molecular weight excluding hydrogens is 440 g/mol. The molecule has 1 amide bonds. The number of anilines is 2. The van der Waals surface area contributed by atoms with E-state index in [4.69, 9.17) is 9.84 Å². The van der Waals surface area contributed by atoms with Crippen molar-refractivity contribution in [3.63, 3.8) is 0 Å². The number of benzene rings is 1. The van der Waals surface area contributed by atoms with Crippen molar-refractivity contribution in [3.8, 4) is 11.1 Å². The average molecular weight is 475 g/mol. The number of aromatic nitrogens is 4. The Morgan fingerprint density at radius 3 is 2.80 bits per heavy atom. The molecule has 0 bridgehead atoms. The van der Waals surface area contributed by atoms with Crippen LogP contribution in [0, 0.1) is 0 Å². The minimum absolute atomic E-state index is 0.129. The Kier molecular flexibility index (Phi) is 5.63. The van der Waals surface area contributed by atoms with E-state index in [1.807, 2.05) is 22.8 Å². The van der Waals surface area contributed by atoms with Gasteiger partial charge in [0, 0.05) is 68.8 Å². The molecular formula is C27H34N6O2. The lowest BCUT2D eigenvalue weighted by atomic mass is 9.86. The van der Waals surface area contributed by atoms with Gasteiger partial charge < -0.3 is 14.5 Å². The maximum Gasteiger partial charge on any atom is 0.219 e. The molecule has 0 radical (unpaired) electrons. The Morgan fingerprint density at radius 1 is 1.20 bits per heavy atom. The quantitative estimate of drug-likeness (QED) is 0.567. The van der Waals surface area contributed by atoms with Gasteiger partial charge in [0.15, 0.2) is 5.82 Å². The minimum Gasteiger partial charge on any atom is -0.379 e. The van der Waals surface area contributed by atoms with E-state index in [2.05, 4.69) is 46.0 Å². The smallest absolute Gasteiger partial charge is 0.219 e. The van der Waals surface area contributed by atoms with E-state index < -0.39 is 0 Å². The van der Waals surface area contributed by atoms with E-state index in [-0.39, 0.29) is 11.9 Å². The lowest BCUT2D eigenvalue weighted by molar-refractivity contribution is -0.129. The number of amides is 1. The molecule has 2 aromatic heterocycles. The highest BCUT2D eigenvalue weighted by Crippen LogP contribution is 2.44. The van der Waals surface area contributed by atoms with Gasteiger partial charge in [-0.25, -0.2) is 0 Å². The van der Waals surface area contributed by atoms with Crippen molar-refractivity contribution >= 4 is 17.4 Å². The third kappa shape index (κ3) is 3.84. The van der Waals surface area contributed by atoms with Crippen LogP contribution in [0.2, 0.25) is 0 Å². The largest absolute Gasteiger partial charge is 0.379 e. The van der Waals surface area contributed by atoms with Gasteiger partial charge in [0.25, 0.3) is 0 Å². The number of fused-ring (bicyclic) bond motifs is 2. The molecule has 2 atom stereocenters. The van der Waals surface area contributed by atoms with Gasteiger partial charge in [0.2, 0.25) is 5.91 Å². The number of nitrogens with zero attached hydrogens (tertiary/aromatic N) is 6. The van der Waals surface area contributed by atoms with Gasteiger partial charge in [0.1, 0.15) is 0 Å². The van der Waals surface area contributed by atoms with Crippen molar-refractivity contribution in [1.29, 1.82) is 0 Å². The van der Waals surface area contributed by atoms with E-state index >= 15 is 0 Å². The predicted octanol–water partition coefficient (Wildman–Crippen LogP) is 4.19. The molecule has 0 unspecified atom stereocenters. The number of carbonyl (C=O) groups is 1. The normalized spacial score (nSPS) is 21.8. The van der Waals surface area contributed by atoms with Crippen LogP contribution in [0.3, 0.4) is 0 Å². The van der Waals surface area contributed by atoms with Gasteiger partial charge in [-0.3, -0.25) is 14.2 Å². The lowest BCUT2D eigenvalue weighted by Crippen LogP contribution is -2.36. The maximum atomic E-state index is 12.3. The van der Waals surface area contributed by atoms with Crippen molar-refractivity contribution < 1.29 is 9.53 Å². The summed E-state index contributed by atoms with van der Waals surface area (Å²) in [7, 11) is 1.96. The molecule has 1 fully saturated rings. The summed E-state index contributed by atoms with van der Waals surface area (Å²) >= 11 is 0. The highest BCUT2D eigenvalue weighted by atomic mass is 16.5. The molecule has 0 N–H and O–H groups in total. The average Bonchev–Trinajstić information content (AvgIpc) is 3.62. The zero-order valence-corrected chi connectivity index (χ0v) is 20.9. The molecule has 8 nitrogen and oxygen atoms in total. The third-order valence-electron chi connectivity index (χ3n) is 8.01. The Morgan fingerprint density at radius 2 is 2.09 bits per heavy atom. The Balaban J connectivity index is 1.45. The van der Waals surface area contributed by atoms with Crippen molar-refractivity contribution in [2.75, 3.05) is 31.2 Å². The second kappa shape index (κ2) is 8.82. The van der Waals surface area contributed by atoms with Crippen LogP contribution in [0.4, 0.5) is 11.5 Å². The monoisotopic (exact) mass is 474 g/mol. The molecule has 6 rings (SSSR count). The minimum atomic E-state index is 0.129. The topological polar surface area (TPSA) is 68.4 Å². The van der Waals surface area contributed by atoms with E-state index in [9.17, 15) is 4.79 Å². The summed E-state index contributed by atoms with van der Waals surface area (Å²) < 4.78 is 9.79. The second-order valence-corrected chi connectivity index (χ2v) is 10.1. The van der Waals surface area contributed by atoms with E-state index in [1.54, 1.807) is 6.92 Å². The van der Waals surface area contributed by atoms with Crippen LogP contribution in [0.25, 0.3) is 11.1 Å². The van der Waals surface area contributed by atoms with Crippen LogP contribution in [0.15, 0.2) is 30.6 Å². The van der Waals surface area contributed by atoms with Gasteiger partial charge in [-0.1, -0.05) is 13.0 Å². The summed E-state index contributed by atoms with van der Waals surface area (Å²) in [6.07, 6.45) is 8.04. The van der Waals surface area contributed by atoms with Crippen LogP contribution in [-0.2, 0) is 29.5 Å². The zero-order valence-electron chi connectivity index (χ0n) is 20.9. The number of hydrogen-bond acceptors (Lipinski definition) is 5. The van der Waals surface area contributed by atoms with E-state index in [0.29, 0.717) is 19.1 Å². The third-order valence-corrected chi connectivity index (χ3v) is 8.01. The molecule has 1 saturated heterocycles. The molecule has 1 aromatic carbocycles. The van der Waals surface area contributed by atoms with Gasteiger partial charge in [-0.15, -0.1) is 0 Å². The molecule has 3 aliphatic rings. The molecule has 0 spiro atoms. The number of rotatable bonds is 4. The van der Waals surface area contributed by atoms with Crippen LogP contribution in [-0.4, -0.2) is 56.7 Å². The second-order valence-electron chi connectivity index (χ2n) is 10.1. The molecule has 3 aromatic rings. The Bertz CT molecular complexity index is 1250. The summed E-state index contributed by atoms with van der Waals surface area (Å²) in [5, 5.41) is 9.60. The predicted molar refractivity (Wildman–Crippen MR) is 135 cm³/mol. The van der Waals surface area contributed by atoms with E-state index in [1.165, 1.54) is 28.1 Å². The fourth-order valence-corrected chi connectivity index (χ4v) is 6.01. The first-order valence-electron chi connectivity index (χ1n) is 12.9. The SMILES string of the molecule is CC[C@@H]1CCN(c2nn([C@@H]3CCOC3)c3c2CN(C(C)=O)CC3)c2ccc(-c3cnn(C)c3)cc21. The van der Waals surface area contributed by atoms with Crippen molar-refractivity contribution in [3.05, 3.63) is 47.4 Å². The van der Waals surface area contributed by atoms with Gasteiger partial charge >= 0.3 is 0 Å². The molecule has 5 heterocycles. The van der Waals surface area contributed by atoms with Crippen molar-refractivity contribution in [1.82, 2.24) is 24.5 Å². The molecule has 8 heteroatoms. The Labute approximate surface area is 206 Å².